The Morgan fingerprint density at radius 2 is 1.97 bits per heavy atom. The van der Waals surface area contributed by atoms with Crippen molar-refractivity contribution < 1.29 is 32.1 Å². The van der Waals surface area contributed by atoms with E-state index < -0.39 is 23.9 Å². The average Bonchev–Trinajstić information content (AvgIpc) is 3.20. The van der Waals surface area contributed by atoms with E-state index in [4.69, 9.17) is 17.5 Å². The summed E-state index contributed by atoms with van der Waals surface area (Å²) in [5.41, 5.74) is -0.238. The summed E-state index contributed by atoms with van der Waals surface area (Å²) in [5, 5.41) is 0.755. The second-order valence-corrected chi connectivity index (χ2v) is 7.20. The third-order valence-electron chi connectivity index (χ3n) is 4.33. The summed E-state index contributed by atoms with van der Waals surface area (Å²) in [6, 6.07) is 4.71. The van der Waals surface area contributed by atoms with Gasteiger partial charge in [-0.25, -0.2) is 14.8 Å². The molecule has 0 aliphatic carbocycles. The first-order valence-corrected chi connectivity index (χ1v) is 9.54. The zero-order chi connectivity index (χ0) is 22.8. The van der Waals surface area contributed by atoms with Crippen molar-refractivity contribution in [3.8, 4) is 16.3 Å². The van der Waals surface area contributed by atoms with Crippen molar-refractivity contribution in [3.63, 3.8) is 0 Å². The molecule has 0 aliphatic heterocycles. The predicted octanol–water partition coefficient (Wildman–Crippen LogP) is 4.36. The van der Waals surface area contributed by atoms with Gasteiger partial charge in [0.25, 0.3) is 0 Å². The molecule has 1 aromatic carbocycles. The molecule has 7 nitrogen and oxygen atoms in total. The second kappa shape index (κ2) is 8.92. The number of aromatic nitrogens is 2. The Balaban J connectivity index is 2.22. The van der Waals surface area contributed by atoms with Crippen LogP contribution in [0.4, 0.5) is 13.2 Å². The molecule has 31 heavy (non-hydrogen) atoms. The van der Waals surface area contributed by atoms with Gasteiger partial charge in [0.1, 0.15) is 26.8 Å². The molecule has 0 N–H and O–H groups in total. The number of benzene rings is 1. The first-order chi connectivity index (χ1) is 14.7. The van der Waals surface area contributed by atoms with Crippen LogP contribution in [0.1, 0.15) is 34.0 Å². The highest BCUT2D eigenvalue weighted by molar-refractivity contribution is 7.17. The molecule has 2 radical (unpaired) electrons. The van der Waals surface area contributed by atoms with Crippen LogP contribution in [-0.4, -0.2) is 44.6 Å². The molecule has 0 saturated heterocycles. The smallest absolute Gasteiger partial charge is 0.433 e. The number of rotatable bonds is 6. The quantitative estimate of drug-likeness (QED) is 0.241. The number of carbonyl (C=O) groups excluding carboxylic acids is 1. The van der Waals surface area contributed by atoms with E-state index in [2.05, 4.69) is 19.6 Å². The topological polar surface area (TPSA) is 82.9 Å². The monoisotopic (exact) mass is 449 g/mol. The lowest BCUT2D eigenvalue weighted by Gasteiger charge is -2.11. The number of carbonyl (C=O) groups is 1. The van der Waals surface area contributed by atoms with Crippen molar-refractivity contribution >= 4 is 42.7 Å². The van der Waals surface area contributed by atoms with Crippen molar-refractivity contribution in [2.24, 2.45) is 4.99 Å². The fourth-order valence-corrected chi connectivity index (χ4v) is 3.98. The number of hydrogen-bond donors (Lipinski definition) is 0. The van der Waals surface area contributed by atoms with E-state index >= 15 is 0 Å². The zero-order valence-corrected chi connectivity index (χ0v) is 17.4. The summed E-state index contributed by atoms with van der Waals surface area (Å²) in [6.45, 7) is 1.67. The number of fused-ring (bicyclic) bond motifs is 1. The Labute approximate surface area is 180 Å². The number of methoxy groups -OCH3 is 2. The second-order valence-electron chi connectivity index (χ2n) is 6.20. The Kier molecular flexibility index (Phi) is 6.49. The van der Waals surface area contributed by atoms with E-state index in [0.717, 1.165) is 23.8 Å². The molecule has 1 atom stereocenters. The van der Waals surface area contributed by atoms with Gasteiger partial charge in [0, 0.05) is 10.9 Å². The molecule has 0 amide bonds. The van der Waals surface area contributed by atoms with Crippen molar-refractivity contribution in [2.75, 3.05) is 14.2 Å². The number of pyridine rings is 1. The van der Waals surface area contributed by atoms with Gasteiger partial charge in [-0.05, 0) is 31.2 Å². The first-order valence-electron chi connectivity index (χ1n) is 8.72. The molecular formula is C19H15BF3N3O4S. The van der Waals surface area contributed by atoms with Crippen molar-refractivity contribution in [1.82, 2.24) is 9.97 Å². The van der Waals surface area contributed by atoms with Gasteiger partial charge in [0.05, 0.1) is 26.0 Å². The Morgan fingerprint density at radius 3 is 2.58 bits per heavy atom. The minimum absolute atomic E-state index is 0.0220. The van der Waals surface area contributed by atoms with E-state index in [1.807, 2.05) is 0 Å². The van der Waals surface area contributed by atoms with Gasteiger partial charge in [0.2, 0.25) is 0 Å². The van der Waals surface area contributed by atoms with Crippen molar-refractivity contribution in [2.45, 2.75) is 19.1 Å². The summed E-state index contributed by atoms with van der Waals surface area (Å²) in [6.07, 6.45) is -3.60. The third-order valence-corrected chi connectivity index (χ3v) is 5.41. The van der Waals surface area contributed by atoms with Gasteiger partial charge in [-0.3, -0.25) is 4.99 Å². The minimum Gasteiger partial charge on any atom is -0.560 e. The number of nitrogens with zero attached hydrogens (tertiary/aromatic N) is 3. The highest BCUT2D eigenvalue weighted by Crippen LogP contribution is 2.39. The Hall–Kier alpha value is -3.15. The fourth-order valence-electron chi connectivity index (χ4n) is 2.87. The molecule has 3 aromatic rings. The van der Waals surface area contributed by atoms with E-state index in [1.54, 1.807) is 13.0 Å². The Morgan fingerprint density at radius 1 is 1.23 bits per heavy atom. The highest BCUT2D eigenvalue weighted by Gasteiger charge is 2.33. The first kappa shape index (κ1) is 22.5. The van der Waals surface area contributed by atoms with Gasteiger partial charge in [-0.2, -0.15) is 13.2 Å². The van der Waals surface area contributed by atoms with Gasteiger partial charge in [0.15, 0.2) is 6.40 Å². The number of thiazole rings is 1. The zero-order valence-electron chi connectivity index (χ0n) is 16.6. The fraction of sp³-hybridized carbons (Fsp3) is 0.263. The number of hydrogen-bond acceptors (Lipinski definition) is 8. The van der Waals surface area contributed by atoms with E-state index in [9.17, 15) is 18.0 Å². The molecule has 160 valence electrons. The van der Waals surface area contributed by atoms with Crippen LogP contribution in [-0.2, 0) is 15.6 Å². The van der Waals surface area contributed by atoms with Crippen LogP contribution in [0.3, 0.4) is 0 Å². The molecule has 1 unspecified atom stereocenters. The molecule has 0 saturated carbocycles. The van der Waals surface area contributed by atoms with Crippen LogP contribution in [0, 0.1) is 0 Å². The van der Waals surface area contributed by atoms with Gasteiger partial charge < -0.3 is 14.1 Å². The molecule has 0 aliphatic rings. The Bertz CT molecular complexity index is 1150. The molecule has 2 heterocycles. The number of esters is 1. The number of ether oxygens (including phenoxy) is 2. The largest absolute Gasteiger partial charge is 0.560 e. The molecule has 0 fully saturated rings. The maximum Gasteiger partial charge on any atom is 0.433 e. The predicted molar refractivity (Wildman–Crippen MR) is 109 cm³/mol. The van der Waals surface area contributed by atoms with Crippen molar-refractivity contribution in [1.29, 1.82) is 0 Å². The molecule has 0 bridgehead atoms. The van der Waals surface area contributed by atoms with Crippen LogP contribution >= 0.6 is 11.3 Å². The van der Waals surface area contributed by atoms with Crippen molar-refractivity contribution in [3.05, 3.63) is 40.5 Å². The SMILES string of the molecule is [B]OC=NC(C)c1nc(-c2ccc(OC)c3nc(C(F)(F)F)ccc23)sc1C(=O)OC. The molecule has 0 spiro atoms. The normalized spacial score (nSPS) is 12.8. The standard InChI is InChI=1S/C19H15BF3N3O4S/c1-9(24-8-30-20)14-16(18(27)29-3)31-17(26-14)11-4-6-12(28-2)15-10(11)5-7-13(25-15)19(21,22)23/h4-9H,1-3H3. The summed E-state index contributed by atoms with van der Waals surface area (Å²) < 4.78 is 53.8. The van der Waals surface area contributed by atoms with Crippen LogP contribution in [0.15, 0.2) is 29.3 Å². The molecule has 3 rings (SSSR count). The third kappa shape index (κ3) is 4.48. The van der Waals surface area contributed by atoms with Crippen LogP contribution in [0.5, 0.6) is 5.75 Å². The highest BCUT2D eigenvalue weighted by atomic mass is 32.1. The average molecular weight is 449 g/mol. The van der Waals surface area contributed by atoms with Gasteiger partial charge >= 0.3 is 20.2 Å². The van der Waals surface area contributed by atoms with Crippen LogP contribution in [0.25, 0.3) is 21.5 Å². The summed E-state index contributed by atoms with van der Waals surface area (Å²) in [7, 11) is 7.52. The van der Waals surface area contributed by atoms with Crippen LogP contribution in [0.2, 0.25) is 0 Å². The van der Waals surface area contributed by atoms with E-state index in [-0.39, 0.29) is 16.1 Å². The van der Waals surface area contributed by atoms with Crippen LogP contribution < -0.4 is 4.74 Å². The van der Waals surface area contributed by atoms with Gasteiger partial charge in [-0.1, -0.05) is 0 Å². The number of halogens is 3. The summed E-state index contributed by atoms with van der Waals surface area (Å²) >= 11 is 1.02. The maximum absolute atomic E-state index is 13.2. The lowest BCUT2D eigenvalue weighted by atomic mass is 10.1. The number of alkyl halides is 3. The summed E-state index contributed by atoms with van der Waals surface area (Å²) in [4.78, 5) is 24.7. The van der Waals surface area contributed by atoms with Gasteiger partial charge in [-0.15, -0.1) is 11.3 Å². The van der Waals surface area contributed by atoms with E-state index in [1.165, 1.54) is 26.4 Å². The minimum atomic E-state index is -4.61. The lowest BCUT2D eigenvalue weighted by molar-refractivity contribution is -0.140. The molecular weight excluding hydrogens is 434 g/mol. The maximum atomic E-state index is 13.2. The molecule has 12 heteroatoms. The summed E-state index contributed by atoms with van der Waals surface area (Å²) in [5.74, 6) is -0.447. The molecule has 2 aromatic heterocycles. The lowest BCUT2D eigenvalue weighted by Crippen LogP contribution is -2.08. The number of aliphatic imine (C=N–C) groups is 1. The van der Waals surface area contributed by atoms with E-state index in [0.29, 0.717) is 21.7 Å².